The van der Waals surface area contributed by atoms with Gasteiger partial charge in [-0.3, -0.25) is 4.79 Å². The predicted molar refractivity (Wildman–Crippen MR) is 142 cm³/mol. The van der Waals surface area contributed by atoms with E-state index in [1.807, 2.05) is 62.4 Å². The van der Waals surface area contributed by atoms with E-state index in [2.05, 4.69) is 41.9 Å². The highest BCUT2D eigenvalue weighted by Crippen LogP contribution is 2.34. The molecule has 0 unspecified atom stereocenters. The molecule has 0 aliphatic heterocycles. The van der Waals surface area contributed by atoms with E-state index in [1.165, 1.54) is 10.2 Å². The number of ether oxygens (including phenoxy) is 2. The van der Waals surface area contributed by atoms with Gasteiger partial charge in [-0.25, -0.2) is 4.98 Å². The Morgan fingerprint density at radius 2 is 1.82 bits per heavy atom. The van der Waals surface area contributed by atoms with E-state index >= 15 is 0 Å². The lowest BCUT2D eigenvalue weighted by Crippen LogP contribution is -2.22. The number of rotatable bonds is 7. The molecule has 0 spiro atoms. The summed E-state index contributed by atoms with van der Waals surface area (Å²) in [6.07, 6.45) is 2.15. The quantitative estimate of drug-likeness (QED) is 0.240. The molecule has 4 aromatic rings. The topological polar surface area (TPSA) is 65.7 Å². The highest BCUT2D eigenvalue weighted by Gasteiger charge is 2.14. The lowest BCUT2D eigenvalue weighted by molar-refractivity contribution is 0.284. The zero-order chi connectivity index (χ0) is 24.2. The van der Waals surface area contributed by atoms with Gasteiger partial charge in [-0.15, -0.1) is 0 Å². The molecule has 0 radical (unpaired) electrons. The summed E-state index contributed by atoms with van der Waals surface area (Å²) in [6.45, 7) is 4.35. The Morgan fingerprint density at radius 1 is 1.06 bits per heavy atom. The smallest absolute Gasteiger partial charge is 0.282 e. The van der Waals surface area contributed by atoms with Crippen molar-refractivity contribution in [3.8, 4) is 11.5 Å². The molecular weight excluding hydrogens is 562 g/mol. The number of benzene rings is 3. The van der Waals surface area contributed by atoms with Crippen LogP contribution in [0.5, 0.6) is 11.5 Å². The molecule has 0 aliphatic rings. The number of aryl methyl sites for hydroxylation is 2. The number of aromatic nitrogens is 2. The van der Waals surface area contributed by atoms with Crippen LogP contribution >= 0.6 is 31.9 Å². The fraction of sp³-hybridized carbons (Fsp3) is 0.192. The van der Waals surface area contributed by atoms with Gasteiger partial charge >= 0.3 is 0 Å². The maximum atomic E-state index is 13.2. The van der Waals surface area contributed by atoms with E-state index in [-0.39, 0.29) is 5.56 Å². The summed E-state index contributed by atoms with van der Waals surface area (Å²) in [6, 6.07) is 17.3. The molecule has 0 amide bonds. The lowest BCUT2D eigenvalue weighted by atomic mass is 10.1. The van der Waals surface area contributed by atoms with Crippen molar-refractivity contribution in [1.29, 1.82) is 0 Å². The lowest BCUT2D eigenvalue weighted by Gasteiger charge is -2.14. The Hall–Kier alpha value is -2.97. The highest BCUT2D eigenvalue weighted by atomic mass is 79.9. The Bertz CT molecular complexity index is 1430. The molecule has 34 heavy (non-hydrogen) atoms. The number of hydrogen-bond acceptors (Lipinski definition) is 5. The van der Waals surface area contributed by atoms with Crippen molar-refractivity contribution in [3.63, 3.8) is 0 Å². The van der Waals surface area contributed by atoms with E-state index in [1.54, 1.807) is 19.4 Å². The maximum Gasteiger partial charge on any atom is 0.282 e. The Labute approximate surface area is 214 Å². The summed E-state index contributed by atoms with van der Waals surface area (Å²) < 4.78 is 14.7. The van der Waals surface area contributed by atoms with Gasteiger partial charge in [0, 0.05) is 20.9 Å². The van der Waals surface area contributed by atoms with E-state index in [9.17, 15) is 4.79 Å². The van der Waals surface area contributed by atoms with Crippen LogP contribution in [0, 0.1) is 6.92 Å². The van der Waals surface area contributed by atoms with E-state index in [0.717, 1.165) is 14.5 Å². The summed E-state index contributed by atoms with van der Waals surface area (Å²) in [7, 11) is 1.59. The standard InChI is InChI=1S/C26H23Br2N3O3/c1-4-24-30-22-10-9-19(27)12-21(22)26(32)31(24)29-14-18-11-20(28)13-23(33-3)25(18)34-15-17-7-5-16(2)6-8-17/h5-14H,4,15H2,1-3H3. The number of methoxy groups -OCH3 is 1. The molecule has 1 heterocycles. The van der Waals surface area contributed by atoms with Crippen LogP contribution in [0.15, 0.2) is 73.4 Å². The van der Waals surface area contributed by atoms with E-state index in [4.69, 9.17) is 9.47 Å². The molecule has 174 valence electrons. The number of hydrogen-bond donors (Lipinski definition) is 0. The zero-order valence-corrected chi connectivity index (χ0v) is 22.2. The van der Waals surface area contributed by atoms with Crippen LogP contribution in [0.4, 0.5) is 0 Å². The monoisotopic (exact) mass is 583 g/mol. The van der Waals surface area contributed by atoms with Crippen molar-refractivity contribution >= 4 is 49.0 Å². The second kappa shape index (κ2) is 10.5. The Balaban J connectivity index is 1.76. The van der Waals surface area contributed by atoms with E-state index in [0.29, 0.717) is 46.8 Å². The van der Waals surface area contributed by atoms with Crippen molar-refractivity contribution in [2.75, 3.05) is 7.11 Å². The molecular formula is C26H23Br2N3O3. The fourth-order valence-electron chi connectivity index (χ4n) is 3.49. The van der Waals surface area contributed by atoms with Crippen molar-refractivity contribution in [2.24, 2.45) is 5.10 Å². The number of nitrogens with zero attached hydrogens (tertiary/aromatic N) is 3. The summed E-state index contributed by atoms with van der Waals surface area (Å²) in [5.41, 5.74) is 3.30. The van der Waals surface area contributed by atoms with Gasteiger partial charge in [-0.1, -0.05) is 68.6 Å². The van der Waals surface area contributed by atoms with Gasteiger partial charge in [-0.2, -0.15) is 9.78 Å². The third-order valence-corrected chi connectivity index (χ3v) is 6.23. The third kappa shape index (κ3) is 5.23. The molecule has 0 atom stereocenters. The first-order valence-corrected chi connectivity index (χ1v) is 12.3. The summed E-state index contributed by atoms with van der Waals surface area (Å²) >= 11 is 6.94. The molecule has 0 bridgehead atoms. The first-order chi connectivity index (χ1) is 16.4. The normalized spacial score (nSPS) is 11.3. The molecule has 4 rings (SSSR count). The highest BCUT2D eigenvalue weighted by molar-refractivity contribution is 9.10. The van der Waals surface area contributed by atoms with Crippen molar-refractivity contribution < 1.29 is 9.47 Å². The van der Waals surface area contributed by atoms with Gasteiger partial charge in [-0.05, 0) is 42.8 Å². The van der Waals surface area contributed by atoms with Gasteiger partial charge < -0.3 is 9.47 Å². The van der Waals surface area contributed by atoms with Gasteiger partial charge in [0.05, 0.1) is 24.2 Å². The van der Waals surface area contributed by atoms with Crippen LogP contribution in [0.1, 0.15) is 29.4 Å². The molecule has 0 N–H and O–H groups in total. The molecule has 0 fully saturated rings. The zero-order valence-electron chi connectivity index (χ0n) is 19.0. The largest absolute Gasteiger partial charge is 0.493 e. The van der Waals surface area contributed by atoms with Crippen LogP contribution in [-0.4, -0.2) is 23.0 Å². The molecule has 6 nitrogen and oxygen atoms in total. The summed E-state index contributed by atoms with van der Waals surface area (Å²) in [5, 5.41) is 5.01. The number of fused-ring (bicyclic) bond motifs is 1. The fourth-order valence-corrected chi connectivity index (χ4v) is 4.31. The van der Waals surface area contributed by atoms with Crippen LogP contribution < -0.4 is 15.0 Å². The Kier molecular flexibility index (Phi) is 7.48. The van der Waals surface area contributed by atoms with Crippen LogP contribution in [-0.2, 0) is 13.0 Å². The van der Waals surface area contributed by atoms with Gasteiger partial charge in [0.1, 0.15) is 12.4 Å². The second-order valence-electron chi connectivity index (χ2n) is 7.71. The molecule has 1 aromatic heterocycles. The minimum Gasteiger partial charge on any atom is -0.493 e. The van der Waals surface area contributed by atoms with Crippen molar-refractivity contribution in [1.82, 2.24) is 9.66 Å². The SMILES string of the molecule is CCc1nc2ccc(Br)cc2c(=O)n1N=Cc1cc(Br)cc(OC)c1OCc1ccc(C)cc1. The van der Waals surface area contributed by atoms with Crippen molar-refractivity contribution in [3.05, 3.63) is 96.4 Å². The van der Waals surface area contributed by atoms with Crippen LogP contribution in [0.2, 0.25) is 0 Å². The predicted octanol–water partition coefficient (Wildman–Crippen LogP) is 6.26. The second-order valence-corrected chi connectivity index (χ2v) is 9.54. The minimum absolute atomic E-state index is 0.233. The number of halogens is 2. The first-order valence-electron chi connectivity index (χ1n) is 10.7. The summed E-state index contributed by atoms with van der Waals surface area (Å²) in [5.74, 6) is 1.67. The minimum atomic E-state index is -0.233. The molecule has 0 saturated heterocycles. The van der Waals surface area contributed by atoms with Gasteiger partial charge in [0.25, 0.3) is 5.56 Å². The van der Waals surface area contributed by atoms with Gasteiger partial charge in [0.15, 0.2) is 11.5 Å². The Morgan fingerprint density at radius 3 is 2.53 bits per heavy atom. The molecule has 0 saturated carbocycles. The van der Waals surface area contributed by atoms with E-state index < -0.39 is 0 Å². The molecule has 8 heteroatoms. The van der Waals surface area contributed by atoms with Gasteiger partial charge in [0.2, 0.25) is 0 Å². The van der Waals surface area contributed by atoms with Crippen molar-refractivity contribution in [2.45, 2.75) is 26.9 Å². The maximum absolute atomic E-state index is 13.2. The average molecular weight is 585 g/mol. The molecule has 0 aliphatic carbocycles. The molecule has 3 aromatic carbocycles. The average Bonchev–Trinajstić information content (AvgIpc) is 2.83. The first kappa shape index (κ1) is 24.2. The third-order valence-electron chi connectivity index (χ3n) is 5.28. The van der Waals surface area contributed by atoms with Crippen LogP contribution in [0.25, 0.3) is 10.9 Å². The van der Waals surface area contributed by atoms with Crippen LogP contribution in [0.3, 0.4) is 0 Å². The summed E-state index contributed by atoms with van der Waals surface area (Å²) in [4.78, 5) is 17.8.